The van der Waals surface area contributed by atoms with Crippen LogP contribution < -0.4 is 15.7 Å². The van der Waals surface area contributed by atoms with Crippen LogP contribution in [0.2, 0.25) is 0 Å². The molecular weight excluding hydrogens is 330 g/mol. The van der Waals surface area contributed by atoms with Crippen molar-refractivity contribution in [1.82, 2.24) is 5.32 Å². The predicted molar refractivity (Wildman–Crippen MR) is 102 cm³/mol. The van der Waals surface area contributed by atoms with Crippen molar-refractivity contribution in [3.05, 3.63) is 69.1 Å². The average Bonchev–Trinajstić information content (AvgIpc) is 2.62. The number of hydrogen-bond acceptors (Lipinski definition) is 5. The molecule has 0 aliphatic heterocycles. The highest BCUT2D eigenvalue weighted by atomic mass is 16.5. The van der Waals surface area contributed by atoms with Crippen LogP contribution in [0.5, 0.6) is 11.5 Å². The Kier molecular flexibility index (Phi) is 5.28. The number of aryl methyl sites for hydroxylation is 2. The van der Waals surface area contributed by atoms with Crippen molar-refractivity contribution in [2.24, 2.45) is 0 Å². The maximum Gasteiger partial charge on any atom is 0.336 e. The third-order valence-electron chi connectivity index (χ3n) is 4.54. The van der Waals surface area contributed by atoms with Crippen LogP contribution in [0, 0.1) is 13.8 Å². The topological polar surface area (TPSA) is 71.7 Å². The van der Waals surface area contributed by atoms with Gasteiger partial charge in [-0.25, -0.2) is 4.79 Å². The number of aromatic hydroxyl groups is 1. The summed E-state index contributed by atoms with van der Waals surface area (Å²) in [6.45, 7) is 5.09. The fourth-order valence-corrected chi connectivity index (χ4v) is 3.11. The number of fused-ring (bicyclic) bond motifs is 1. The van der Waals surface area contributed by atoms with E-state index < -0.39 is 5.63 Å². The fourth-order valence-electron chi connectivity index (χ4n) is 3.11. The smallest absolute Gasteiger partial charge is 0.336 e. The fraction of sp³-hybridized carbons (Fsp3) is 0.286. The Morgan fingerprint density at radius 2 is 1.92 bits per heavy atom. The molecule has 3 rings (SSSR count). The van der Waals surface area contributed by atoms with E-state index >= 15 is 0 Å². The summed E-state index contributed by atoms with van der Waals surface area (Å²) in [7, 11) is 1.68. The summed E-state index contributed by atoms with van der Waals surface area (Å²) in [6.07, 6.45) is 0.823. The molecule has 3 aromatic rings. The molecular formula is C21H23NO4. The van der Waals surface area contributed by atoms with Crippen LogP contribution >= 0.6 is 0 Å². The van der Waals surface area contributed by atoms with Gasteiger partial charge < -0.3 is 19.6 Å². The van der Waals surface area contributed by atoms with Crippen LogP contribution in [0.1, 0.15) is 22.3 Å². The zero-order chi connectivity index (χ0) is 18.7. The number of phenols is 1. The van der Waals surface area contributed by atoms with E-state index in [0.717, 1.165) is 35.2 Å². The van der Waals surface area contributed by atoms with Crippen molar-refractivity contribution >= 4 is 11.0 Å². The monoisotopic (exact) mass is 353 g/mol. The molecule has 0 fully saturated rings. The van der Waals surface area contributed by atoms with Crippen LogP contribution in [-0.2, 0) is 13.0 Å². The first-order valence-corrected chi connectivity index (χ1v) is 8.59. The highest BCUT2D eigenvalue weighted by Gasteiger charge is 2.10. The Bertz CT molecular complexity index is 991. The van der Waals surface area contributed by atoms with Crippen molar-refractivity contribution in [3.63, 3.8) is 0 Å². The molecule has 0 unspecified atom stereocenters. The van der Waals surface area contributed by atoms with Crippen molar-refractivity contribution in [1.29, 1.82) is 0 Å². The zero-order valence-corrected chi connectivity index (χ0v) is 15.3. The van der Waals surface area contributed by atoms with E-state index in [-0.39, 0.29) is 5.75 Å². The molecule has 0 radical (unpaired) electrons. The Labute approximate surface area is 152 Å². The first-order chi connectivity index (χ1) is 12.5. The molecule has 0 aliphatic rings. The van der Waals surface area contributed by atoms with E-state index in [2.05, 4.69) is 18.3 Å². The summed E-state index contributed by atoms with van der Waals surface area (Å²) in [4.78, 5) is 11.9. The van der Waals surface area contributed by atoms with E-state index in [1.807, 2.05) is 12.1 Å². The number of hydrogen-bond donors (Lipinski definition) is 2. The molecule has 0 saturated heterocycles. The molecule has 0 atom stereocenters. The van der Waals surface area contributed by atoms with E-state index in [9.17, 15) is 9.90 Å². The summed E-state index contributed by atoms with van der Waals surface area (Å²) in [5, 5.41) is 14.0. The molecule has 0 saturated carbocycles. The van der Waals surface area contributed by atoms with Crippen LogP contribution in [-0.4, -0.2) is 18.8 Å². The molecule has 136 valence electrons. The molecule has 0 spiro atoms. The normalized spacial score (nSPS) is 11.0. The van der Waals surface area contributed by atoms with Crippen LogP contribution in [0.4, 0.5) is 0 Å². The SMILES string of the molecule is COc1ccc(C)cc1CCNCc1cc(=O)oc2c(C)c(O)ccc12. The average molecular weight is 353 g/mol. The molecule has 0 bridgehead atoms. The van der Waals surface area contributed by atoms with Gasteiger partial charge in [0.1, 0.15) is 17.1 Å². The van der Waals surface area contributed by atoms with Gasteiger partial charge in [0, 0.05) is 23.6 Å². The van der Waals surface area contributed by atoms with E-state index in [1.54, 1.807) is 26.2 Å². The highest BCUT2D eigenvalue weighted by molar-refractivity contribution is 5.84. The van der Waals surface area contributed by atoms with Crippen molar-refractivity contribution < 1.29 is 14.3 Å². The minimum atomic E-state index is -0.414. The first kappa shape index (κ1) is 18.0. The molecule has 0 aliphatic carbocycles. The number of phenolic OH excluding ortho intramolecular Hbond substituents is 1. The largest absolute Gasteiger partial charge is 0.508 e. The van der Waals surface area contributed by atoms with Crippen molar-refractivity contribution in [2.45, 2.75) is 26.8 Å². The van der Waals surface area contributed by atoms with Gasteiger partial charge in [0.25, 0.3) is 0 Å². The standard InChI is InChI=1S/C21H23NO4/c1-13-4-7-19(25-3)15(10-13)8-9-22-12-16-11-20(24)26-21-14(2)18(23)6-5-17(16)21/h4-7,10-11,22-23H,8-9,12H2,1-3H3. The third-order valence-corrected chi connectivity index (χ3v) is 4.54. The zero-order valence-electron chi connectivity index (χ0n) is 15.3. The van der Waals surface area contributed by atoms with Crippen LogP contribution in [0.3, 0.4) is 0 Å². The molecule has 5 heteroatoms. The molecule has 26 heavy (non-hydrogen) atoms. The third kappa shape index (κ3) is 3.73. The summed E-state index contributed by atoms with van der Waals surface area (Å²) < 4.78 is 10.7. The quantitative estimate of drug-likeness (QED) is 0.524. The van der Waals surface area contributed by atoms with E-state index in [1.165, 1.54) is 11.6 Å². The van der Waals surface area contributed by atoms with Gasteiger partial charge in [0.2, 0.25) is 0 Å². The van der Waals surface area contributed by atoms with Crippen LogP contribution in [0.15, 0.2) is 45.6 Å². The second-order valence-corrected chi connectivity index (χ2v) is 6.42. The Morgan fingerprint density at radius 1 is 1.12 bits per heavy atom. The van der Waals surface area contributed by atoms with Crippen molar-refractivity contribution in [3.8, 4) is 11.5 Å². The number of benzene rings is 2. The van der Waals surface area contributed by atoms with Gasteiger partial charge in [0.15, 0.2) is 0 Å². The lowest BCUT2D eigenvalue weighted by atomic mass is 10.1. The molecule has 5 nitrogen and oxygen atoms in total. The second kappa shape index (κ2) is 7.62. The first-order valence-electron chi connectivity index (χ1n) is 8.59. The van der Waals surface area contributed by atoms with Gasteiger partial charge in [0.05, 0.1) is 7.11 Å². The van der Waals surface area contributed by atoms with Gasteiger partial charge in [-0.15, -0.1) is 0 Å². The second-order valence-electron chi connectivity index (χ2n) is 6.42. The Hall–Kier alpha value is -2.79. The van der Waals surface area contributed by atoms with Gasteiger partial charge in [-0.3, -0.25) is 0 Å². The van der Waals surface area contributed by atoms with Gasteiger partial charge in [-0.2, -0.15) is 0 Å². The minimum absolute atomic E-state index is 0.123. The minimum Gasteiger partial charge on any atom is -0.508 e. The summed E-state index contributed by atoms with van der Waals surface area (Å²) in [6, 6.07) is 11.0. The summed E-state index contributed by atoms with van der Waals surface area (Å²) in [5.74, 6) is 1.01. The molecule has 2 aromatic carbocycles. The van der Waals surface area contributed by atoms with Gasteiger partial charge in [-0.1, -0.05) is 17.7 Å². The van der Waals surface area contributed by atoms with Crippen molar-refractivity contribution in [2.75, 3.05) is 13.7 Å². The maximum absolute atomic E-state index is 11.9. The number of methoxy groups -OCH3 is 1. The molecule has 1 aromatic heterocycles. The maximum atomic E-state index is 11.9. The summed E-state index contributed by atoms with van der Waals surface area (Å²) in [5.41, 5.74) is 3.81. The highest BCUT2D eigenvalue weighted by Crippen LogP contribution is 2.27. The number of nitrogens with one attached hydrogen (secondary N) is 1. The predicted octanol–water partition coefficient (Wildman–Crippen LogP) is 3.46. The Morgan fingerprint density at radius 3 is 2.69 bits per heavy atom. The molecule has 0 amide bonds. The number of ether oxygens (including phenoxy) is 1. The Balaban J connectivity index is 1.74. The van der Waals surface area contributed by atoms with E-state index in [4.69, 9.17) is 9.15 Å². The van der Waals surface area contributed by atoms with E-state index in [0.29, 0.717) is 17.7 Å². The lowest BCUT2D eigenvalue weighted by Gasteiger charge is -2.11. The number of rotatable bonds is 6. The summed E-state index contributed by atoms with van der Waals surface area (Å²) >= 11 is 0. The molecule has 2 N–H and O–H groups in total. The van der Waals surface area contributed by atoms with Gasteiger partial charge >= 0.3 is 5.63 Å². The lowest BCUT2D eigenvalue weighted by molar-refractivity contribution is 0.409. The molecule has 1 heterocycles. The van der Waals surface area contributed by atoms with Crippen LogP contribution in [0.25, 0.3) is 11.0 Å². The lowest BCUT2D eigenvalue weighted by Crippen LogP contribution is -2.18. The van der Waals surface area contributed by atoms with Gasteiger partial charge in [-0.05, 0) is 56.1 Å².